The summed E-state index contributed by atoms with van der Waals surface area (Å²) in [5.41, 5.74) is 19.3. The summed E-state index contributed by atoms with van der Waals surface area (Å²) < 4.78 is 0. The van der Waals surface area contributed by atoms with E-state index in [0.29, 0.717) is 17.5 Å². The number of hydrogen-bond donors (Lipinski definition) is 0. The fraction of sp³-hybridized carbons (Fsp3) is 0.0172. The summed E-state index contributed by atoms with van der Waals surface area (Å²) in [6.45, 7) is 0. The zero-order valence-electron chi connectivity index (χ0n) is 33.2. The highest BCUT2D eigenvalue weighted by molar-refractivity contribution is 5.97. The lowest BCUT2D eigenvalue weighted by Crippen LogP contribution is -2.29. The van der Waals surface area contributed by atoms with Gasteiger partial charge in [-0.1, -0.05) is 218 Å². The van der Waals surface area contributed by atoms with Crippen molar-refractivity contribution in [3.05, 3.63) is 247 Å². The van der Waals surface area contributed by atoms with E-state index < -0.39 is 5.41 Å². The summed E-state index contributed by atoms with van der Waals surface area (Å²) in [7, 11) is 0. The Morgan fingerprint density at radius 3 is 0.951 bits per heavy atom. The largest absolute Gasteiger partial charge is 0.208 e. The maximum atomic E-state index is 5.29. The standard InChI is InChI=1S/C58H37N3/c1-3-15-38(16-4-1)40-27-31-42(32-28-40)55-59-56(43-33-29-41(30-34-43)39-17-5-2-6-18-39)61-57(60-55)44-35-36-50-49-23-11-14-26-53(49)58(54(50)37-44)51-24-12-9-21-47(51)45-19-7-8-20-46(45)48-22-10-13-25-52(48)58/h1-37H. The first-order valence-corrected chi connectivity index (χ1v) is 20.9. The fourth-order valence-corrected chi connectivity index (χ4v) is 9.83. The molecule has 0 aliphatic heterocycles. The van der Waals surface area contributed by atoms with Crippen LogP contribution >= 0.6 is 0 Å². The van der Waals surface area contributed by atoms with Crippen molar-refractivity contribution in [2.45, 2.75) is 5.41 Å². The zero-order valence-corrected chi connectivity index (χ0v) is 33.2. The Bertz CT molecular complexity index is 3110. The molecule has 0 amide bonds. The van der Waals surface area contributed by atoms with Crippen LogP contribution in [-0.2, 0) is 5.41 Å². The molecule has 12 rings (SSSR count). The van der Waals surface area contributed by atoms with E-state index in [2.05, 4.69) is 212 Å². The second-order valence-corrected chi connectivity index (χ2v) is 15.9. The molecule has 0 unspecified atom stereocenters. The minimum atomic E-state index is -0.604. The SMILES string of the molecule is c1ccc(-c2ccc(-c3nc(-c4ccc(-c5ccccc5)cc4)nc(-c4ccc5c(c4)C4(c6ccccc6-c6ccccc6-c6ccccc64)c4ccccc4-5)n3)cc2)cc1. The molecule has 9 aromatic carbocycles. The normalized spacial score (nSPS) is 12.7. The molecule has 3 nitrogen and oxygen atoms in total. The van der Waals surface area contributed by atoms with Crippen LogP contribution in [0.1, 0.15) is 22.3 Å². The van der Waals surface area contributed by atoms with E-state index in [4.69, 9.17) is 15.0 Å². The number of nitrogens with zero attached hydrogens (tertiary/aromatic N) is 3. The van der Waals surface area contributed by atoms with Gasteiger partial charge in [0.15, 0.2) is 17.5 Å². The Labute approximate surface area is 355 Å². The highest BCUT2D eigenvalue weighted by Crippen LogP contribution is 2.61. The Morgan fingerprint density at radius 2 is 0.508 bits per heavy atom. The summed E-state index contributed by atoms with van der Waals surface area (Å²) in [5, 5.41) is 0. The van der Waals surface area contributed by atoms with Crippen LogP contribution in [0.4, 0.5) is 0 Å². The first kappa shape index (κ1) is 35.0. The van der Waals surface area contributed by atoms with Crippen LogP contribution in [0.15, 0.2) is 224 Å². The lowest BCUT2D eigenvalue weighted by atomic mass is 9.66. The first-order valence-electron chi connectivity index (χ1n) is 20.9. The van der Waals surface area contributed by atoms with Gasteiger partial charge in [0.1, 0.15) is 0 Å². The van der Waals surface area contributed by atoms with Crippen molar-refractivity contribution in [2.24, 2.45) is 0 Å². The van der Waals surface area contributed by atoms with Crippen molar-refractivity contribution in [1.82, 2.24) is 15.0 Å². The molecule has 61 heavy (non-hydrogen) atoms. The van der Waals surface area contributed by atoms with Gasteiger partial charge in [-0.15, -0.1) is 0 Å². The molecule has 1 spiro atoms. The second kappa shape index (κ2) is 14.1. The molecule has 10 aromatic rings. The van der Waals surface area contributed by atoms with Crippen molar-refractivity contribution >= 4 is 0 Å². The lowest BCUT2D eigenvalue weighted by molar-refractivity contribution is 0.775. The second-order valence-electron chi connectivity index (χ2n) is 15.9. The van der Waals surface area contributed by atoms with Gasteiger partial charge in [-0.2, -0.15) is 0 Å². The predicted molar refractivity (Wildman–Crippen MR) is 249 cm³/mol. The fourth-order valence-electron chi connectivity index (χ4n) is 9.83. The van der Waals surface area contributed by atoms with Gasteiger partial charge in [0.25, 0.3) is 0 Å². The van der Waals surface area contributed by atoms with Crippen LogP contribution in [0.2, 0.25) is 0 Å². The number of hydrogen-bond acceptors (Lipinski definition) is 3. The Balaban J connectivity index is 1.08. The van der Waals surface area contributed by atoms with E-state index in [-0.39, 0.29) is 0 Å². The third kappa shape index (κ3) is 5.55. The summed E-state index contributed by atoms with van der Waals surface area (Å²) in [6.07, 6.45) is 0. The van der Waals surface area contributed by atoms with Gasteiger partial charge in [-0.05, 0) is 84.0 Å². The third-order valence-electron chi connectivity index (χ3n) is 12.6. The predicted octanol–water partition coefficient (Wildman–Crippen LogP) is 14.2. The lowest BCUT2D eigenvalue weighted by Gasteiger charge is -2.35. The Kier molecular flexibility index (Phi) is 8.07. The van der Waals surface area contributed by atoms with Crippen LogP contribution in [0.25, 0.3) is 89.8 Å². The van der Waals surface area contributed by atoms with E-state index in [1.807, 2.05) is 12.1 Å². The quantitative estimate of drug-likeness (QED) is 0.175. The van der Waals surface area contributed by atoms with Gasteiger partial charge in [0.2, 0.25) is 0 Å². The maximum absolute atomic E-state index is 5.29. The van der Waals surface area contributed by atoms with E-state index in [1.165, 1.54) is 66.8 Å². The molecule has 0 N–H and O–H groups in total. The Morgan fingerprint density at radius 1 is 0.213 bits per heavy atom. The molecule has 0 saturated carbocycles. The average molecular weight is 776 g/mol. The average Bonchev–Trinajstić information content (AvgIpc) is 3.58. The van der Waals surface area contributed by atoms with E-state index in [9.17, 15) is 0 Å². The molecule has 2 aliphatic rings. The molecule has 284 valence electrons. The van der Waals surface area contributed by atoms with E-state index in [0.717, 1.165) is 27.8 Å². The van der Waals surface area contributed by atoms with Gasteiger partial charge >= 0.3 is 0 Å². The van der Waals surface area contributed by atoms with Gasteiger partial charge in [-0.25, -0.2) is 15.0 Å². The van der Waals surface area contributed by atoms with Crippen molar-refractivity contribution in [3.8, 4) is 89.8 Å². The highest BCUT2D eigenvalue weighted by Gasteiger charge is 2.49. The van der Waals surface area contributed by atoms with Gasteiger partial charge in [0, 0.05) is 16.7 Å². The van der Waals surface area contributed by atoms with Gasteiger partial charge in [0.05, 0.1) is 5.41 Å². The minimum absolute atomic E-state index is 0.604. The van der Waals surface area contributed by atoms with E-state index >= 15 is 0 Å². The molecule has 2 aliphatic carbocycles. The molecule has 1 aromatic heterocycles. The number of benzene rings is 9. The smallest absolute Gasteiger partial charge is 0.164 e. The molecule has 1 heterocycles. The highest BCUT2D eigenvalue weighted by atomic mass is 15.0. The monoisotopic (exact) mass is 775 g/mol. The molecular weight excluding hydrogens is 739 g/mol. The first-order chi connectivity index (χ1) is 30.2. The number of aromatic nitrogens is 3. The molecule has 0 bridgehead atoms. The van der Waals surface area contributed by atoms with Gasteiger partial charge in [-0.3, -0.25) is 0 Å². The van der Waals surface area contributed by atoms with Crippen LogP contribution in [0.5, 0.6) is 0 Å². The molecule has 0 saturated heterocycles. The third-order valence-corrected chi connectivity index (χ3v) is 12.6. The topological polar surface area (TPSA) is 38.7 Å². The number of fused-ring (bicyclic) bond motifs is 12. The van der Waals surface area contributed by atoms with Crippen molar-refractivity contribution in [3.63, 3.8) is 0 Å². The summed E-state index contributed by atoms with van der Waals surface area (Å²) in [4.78, 5) is 15.8. The van der Waals surface area contributed by atoms with Crippen LogP contribution in [0, 0.1) is 0 Å². The molecular formula is C58H37N3. The zero-order chi connectivity index (χ0) is 40.3. The van der Waals surface area contributed by atoms with Crippen LogP contribution in [0.3, 0.4) is 0 Å². The van der Waals surface area contributed by atoms with Crippen molar-refractivity contribution in [2.75, 3.05) is 0 Å². The van der Waals surface area contributed by atoms with Gasteiger partial charge < -0.3 is 0 Å². The maximum Gasteiger partial charge on any atom is 0.164 e. The molecule has 3 heteroatoms. The summed E-state index contributed by atoms with van der Waals surface area (Å²) in [5.74, 6) is 1.89. The molecule has 0 radical (unpaired) electrons. The minimum Gasteiger partial charge on any atom is -0.208 e. The summed E-state index contributed by atoms with van der Waals surface area (Å²) >= 11 is 0. The number of rotatable bonds is 5. The Hall–Kier alpha value is -8.01. The molecule has 0 fully saturated rings. The van der Waals surface area contributed by atoms with E-state index in [1.54, 1.807) is 0 Å². The molecule has 0 atom stereocenters. The van der Waals surface area contributed by atoms with Crippen molar-refractivity contribution in [1.29, 1.82) is 0 Å². The summed E-state index contributed by atoms with van der Waals surface area (Å²) in [6, 6.07) is 80.6. The van der Waals surface area contributed by atoms with Crippen LogP contribution < -0.4 is 0 Å². The van der Waals surface area contributed by atoms with Crippen LogP contribution in [-0.4, -0.2) is 15.0 Å². The van der Waals surface area contributed by atoms with Crippen molar-refractivity contribution < 1.29 is 0 Å².